The van der Waals surface area contributed by atoms with Gasteiger partial charge in [-0.25, -0.2) is 0 Å². The summed E-state index contributed by atoms with van der Waals surface area (Å²) in [4.78, 5) is 0. The van der Waals surface area contributed by atoms with Crippen LogP contribution in [0, 0.1) is 0 Å². The van der Waals surface area contributed by atoms with Crippen molar-refractivity contribution in [3.8, 4) is 0 Å². The fraction of sp³-hybridized carbons (Fsp3) is 1.00. The van der Waals surface area contributed by atoms with Gasteiger partial charge in [0.2, 0.25) is 0 Å². The maximum absolute atomic E-state index is 9.46. The van der Waals surface area contributed by atoms with Crippen molar-refractivity contribution in [3.63, 3.8) is 0 Å². The van der Waals surface area contributed by atoms with E-state index in [0.29, 0.717) is 6.04 Å². The third-order valence-electron chi connectivity index (χ3n) is 2.18. The topological polar surface area (TPSA) is 47.9 Å². The van der Waals surface area contributed by atoms with Gasteiger partial charge in [-0.15, -0.1) is 0 Å². The summed E-state index contributed by atoms with van der Waals surface area (Å²) in [6.45, 7) is 1.92. The molecule has 0 aliphatic heterocycles. The first kappa shape index (κ1) is 7.03. The van der Waals surface area contributed by atoms with Crippen molar-refractivity contribution in [1.82, 2.24) is 0 Å². The average Bonchev–Trinajstić information content (AvgIpc) is 1.78. The number of hydrogen-bond donors (Lipinski definition) is 2. The Morgan fingerprint density at radius 2 is 1.89 bits per heavy atom. The van der Waals surface area contributed by atoms with E-state index in [1.165, 1.54) is 0 Å². The van der Waals surface area contributed by atoms with Crippen molar-refractivity contribution in [2.24, 2.45) is 0 Å². The Bertz CT molecular complexity index is 91.1. The monoisotopic (exact) mass is 130 g/mol. The molecule has 0 aromatic carbocycles. The van der Waals surface area contributed by atoms with Crippen LogP contribution in [0.4, 0.5) is 0 Å². The fourth-order valence-electron chi connectivity index (χ4n) is 1.30. The van der Waals surface area contributed by atoms with Crippen LogP contribution in [0.5, 0.6) is 0 Å². The van der Waals surface area contributed by atoms with Crippen LogP contribution in [-0.4, -0.2) is 16.7 Å². The van der Waals surface area contributed by atoms with Crippen LogP contribution in [0.15, 0.2) is 0 Å². The summed E-state index contributed by atoms with van der Waals surface area (Å²) in [6.07, 6.45) is 4.04. The fourth-order valence-corrected chi connectivity index (χ4v) is 1.30. The Kier molecular flexibility index (Phi) is 1.78. The van der Waals surface area contributed by atoms with Gasteiger partial charge in [-0.3, -0.25) is 0 Å². The van der Waals surface area contributed by atoms with Crippen molar-refractivity contribution in [2.75, 3.05) is 0 Å². The molecule has 0 spiro atoms. The molecule has 1 aliphatic rings. The molecule has 0 saturated heterocycles. The van der Waals surface area contributed by atoms with Crippen LogP contribution in [0.2, 0.25) is 0 Å². The van der Waals surface area contributed by atoms with Crippen LogP contribution < -0.4 is 5.73 Å². The lowest BCUT2D eigenvalue weighted by Crippen LogP contribution is -2.63. The standard InChI is InChI=1S/C7H15NO/c1-7(9)4-2-6(8)3-5-7/h6,9H,2-5,8H2,1H3/p+1. The van der Waals surface area contributed by atoms with Gasteiger partial charge in [0, 0.05) is 12.8 Å². The largest absolute Gasteiger partial charge is 0.390 e. The van der Waals surface area contributed by atoms with E-state index in [1.54, 1.807) is 0 Å². The van der Waals surface area contributed by atoms with Crippen LogP contribution in [-0.2, 0) is 0 Å². The van der Waals surface area contributed by atoms with Crippen LogP contribution in [0.1, 0.15) is 32.6 Å². The molecule has 1 fully saturated rings. The number of aliphatic hydroxyl groups is 1. The summed E-state index contributed by atoms with van der Waals surface area (Å²) in [5.41, 5.74) is 3.57. The summed E-state index contributed by atoms with van der Waals surface area (Å²) >= 11 is 0. The number of quaternary nitrogens is 1. The molecular weight excluding hydrogens is 114 g/mol. The Hall–Kier alpha value is -0.0800. The van der Waals surface area contributed by atoms with Crippen molar-refractivity contribution in [2.45, 2.75) is 44.2 Å². The molecule has 0 amide bonds. The normalized spacial score (nSPS) is 45.0. The van der Waals surface area contributed by atoms with Gasteiger partial charge in [0.1, 0.15) is 0 Å². The van der Waals surface area contributed by atoms with E-state index in [0.717, 1.165) is 25.7 Å². The first-order valence-corrected chi connectivity index (χ1v) is 3.66. The van der Waals surface area contributed by atoms with Gasteiger partial charge >= 0.3 is 0 Å². The lowest BCUT2D eigenvalue weighted by molar-refractivity contribution is -0.428. The van der Waals surface area contributed by atoms with Gasteiger partial charge < -0.3 is 10.8 Å². The smallest absolute Gasteiger partial charge is 0.0845 e. The van der Waals surface area contributed by atoms with Crippen molar-refractivity contribution in [3.05, 3.63) is 0 Å². The Labute approximate surface area is 56.1 Å². The highest BCUT2D eigenvalue weighted by molar-refractivity contribution is 4.80. The second-order valence-electron chi connectivity index (χ2n) is 3.44. The summed E-state index contributed by atoms with van der Waals surface area (Å²) in [6, 6.07) is 0.588. The minimum absolute atomic E-state index is 0.381. The van der Waals surface area contributed by atoms with Gasteiger partial charge in [-0.1, -0.05) is 0 Å². The van der Waals surface area contributed by atoms with Crippen molar-refractivity contribution in [1.29, 1.82) is 0 Å². The van der Waals surface area contributed by atoms with Crippen LogP contribution in [0.25, 0.3) is 0 Å². The van der Waals surface area contributed by atoms with Crippen molar-refractivity contribution < 1.29 is 10.8 Å². The Morgan fingerprint density at radius 3 is 2.22 bits per heavy atom. The molecule has 0 bridgehead atoms. The molecule has 1 aliphatic carbocycles. The summed E-state index contributed by atoms with van der Waals surface area (Å²) in [7, 11) is 0. The third kappa shape index (κ3) is 1.95. The minimum Gasteiger partial charge on any atom is -0.390 e. The van der Waals surface area contributed by atoms with E-state index in [1.807, 2.05) is 6.92 Å². The molecule has 9 heavy (non-hydrogen) atoms. The van der Waals surface area contributed by atoms with E-state index in [-0.39, 0.29) is 5.60 Å². The van der Waals surface area contributed by atoms with E-state index in [2.05, 4.69) is 5.73 Å². The van der Waals surface area contributed by atoms with Crippen LogP contribution >= 0.6 is 0 Å². The number of rotatable bonds is 0. The third-order valence-corrected chi connectivity index (χ3v) is 2.18. The SMILES string of the molecule is CC1(O)CCC([NH3+])CC1. The first-order valence-electron chi connectivity index (χ1n) is 3.66. The summed E-state index contributed by atoms with van der Waals surface area (Å²) in [5.74, 6) is 0. The Morgan fingerprint density at radius 1 is 1.44 bits per heavy atom. The van der Waals surface area contributed by atoms with Gasteiger partial charge in [0.05, 0.1) is 11.6 Å². The highest BCUT2D eigenvalue weighted by Crippen LogP contribution is 2.25. The molecule has 4 N–H and O–H groups in total. The van der Waals surface area contributed by atoms with Gasteiger partial charge in [0.25, 0.3) is 0 Å². The molecule has 0 heterocycles. The maximum Gasteiger partial charge on any atom is 0.0845 e. The molecule has 0 radical (unpaired) electrons. The lowest BCUT2D eigenvalue weighted by Gasteiger charge is -2.29. The quantitative estimate of drug-likeness (QED) is 0.473. The molecule has 1 saturated carbocycles. The molecule has 1 rings (SSSR count). The first-order chi connectivity index (χ1) is 4.10. The van der Waals surface area contributed by atoms with Crippen molar-refractivity contribution >= 4 is 0 Å². The molecule has 0 aromatic heterocycles. The Balaban J connectivity index is 2.35. The number of hydrogen-bond acceptors (Lipinski definition) is 1. The summed E-state index contributed by atoms with van der Waals surface area (Å²) < 4.78 is 0. The molecule has 2 nitrogen and oxygen atoms in total. The zero-order valence-electron chi connectivity index (χ0n) is 6.06. The summed E-state index contributed by atoms with van der Waals surface area (Å²) in [5, 5.41) is 9.46. The molecule has 54 valence electrons. The molecule has 2 heteroatoms. The van der Waals surface area contributed by atoms with Gasteiger partial charge in [0.15, 0.2) is 0 Å². The molecule has 0 atom stereocenters. The van der Waals surface area contributed by atoms with Gasteiger partial charge in [-0.05, 0) is 19.8 Å². The molecule has 0 aromatic rings. The van der Waals surface area contributed by atoms with Gasteiger partial charge in [-0.2, -0.15) is 0 Å². The van der Waals surface area contributed by atoms with E-state index in [4.69, 9.17) is 0 Å². The van der Waals surface area contributed by atoms with E-state index >= 15 is 0 Å². The highest BCUT2D eigenvalue weighted by Gasteiger charge is 2.28. The lowest BCUT2D eigenvalue weighted by atomic mass is 9.84. The van der Waals surface area contributed by atoms with Crippen LogP contribution in [0.3, 0.4) is 0 Å². The minimum atomic E-state index is -0.381. The second-order valence-corrected chi connectivity index (χ2v) is 3.44. The van der Waals surface area contributed by atoms with E-state index in [9.17, 15) is 5.11 Å². The second kappa shape index (κ2) is 2.27. The predicted molar refractivity (Wildman–Crippen MR) is 35.8 cm³/mol. The van der Waals surface area contributed by atoms with E-state index < -0.39 is 0 Å². The molecular formula is C7H16NO+. The zero-order valence-corrected chi connectivity index (χ0v) is 6.06. The maximum atomic E-state index is 9.46. The average molecular weight is 130 g/mol. The zero-order chi connectivity index (χ0) is 6.91. The highest BCUT2D eigenvalue weighted by atomic mass is 16.3. The predicted octanol–water partition coefficient (Wildman–Crippen LogP) is -0.0781. The molecule has 0 unspecified atom stereocenters.